The van der Waals surface area contributed by atoms with Crippen LogP contribution in [0.15, 0.2) is 29.4 Å². The average Bonchev–Trinajstić information content (AvgIpc) is 3.16. The van der Waals surface area contributed by atoms with Gasteiger partial charge in [0.2, 0.25) is 11.1 Å². The summed E-state index contributed by atoms with van der Waals surface area (Å²) in [5.41, 5.74) is 2.07. The van der Waals surface area contributed by atoms with E-state index in [0.29, 0.717) is 11.2 Å². The molecule has 7 heteroatoms. The van der Waals surface area contributed by atoms with Gasteiger partial charge < -0.3 is 5.32 Å². The van der Waals surface area contributed by atoms with Gasteiger partial charge in [-0.2, -0.15) is 4.68 Å². The maximum atomic E-state index is 12.0. The zero-order chi connectivity index (χ0) is 14.8. The van der Waals surface area contributed by atoms with E-state index in [1.807, 2.05) is 38.1 Å². The molecule has 6 nitrogen and oxygen atoms in total. The molecule has 1 unspecified atom stereocenters. The van der Waals surface area contributed by atoms with Crippen molar-refractivity contribution >= 4 is 17.7 Å². The maximum Gasteiger partial charge on any atom is 0.233 e. The summed E-state index contributed by atoms with van der Waals surface area (Å²) in [6, 6.07) is 8.31. The number of amides is 1. The Balaban J connectivity index is 1.72. The van der Waals surface area contributed by atoms with Crippen molar-refractivity contribution in [1.82, 2.24) is 25.5 Å². The molecule has 1 aromatic heterocycles. The summed E-state index contributed by atoms with van der Waals surface area (Å²) in [7, 11) is 0. The Hall–Kier alpha value is -1.89. The van der Waals surface area contributed by atoms with Crippen LogP contribution in [0.3, 0.4) is 0 Å². The van der Waals surface area contributed by atoms with E-state index in [9.17, 15) is 4.79 Å². The van der Waals surface area contributed by atoms with Crippen LogP contribution in [0, 0.1) is 6.92 Å². The maximum absolute atomic E-state index is 12.0. The van der Waals surface area contributed by atoms with Crippen LogP contribution in [0.1, 0.15) is 25.3 Å². The number of carbonyl (C=O) groups excluding carboxylic acids is 1. The molecule has 1 aliphatic carbocycles. The van der Waals surface area contributed by atoms with Crippen LogP contribution in [0.25, 0.3) is 5.69 Å². The Labute approximate surface area is 127 Å². The standard InChI is InChI=1S/C14H17N5OS/c1-9-3-7-12(8-4-9)19-14(16-17-18-19)21-10(2)13(20)15-11-5-6-11/h3-4,7-8,10-11H,5-6H2,1-2H3,(H,15,20). The fourth-order valence-corrected chi connectivity index (χ4v) is 2.67. The van der Waals surface area contributed by atoms with Gasteiger partial charge in [0.05, 0.1) is 10.9 Å². The molecule has 1 N–H and O–H groups in total. The first-order valence-corrected chi connectivity index (χ1v) is 7.84. The number of aryl methyl sites for hydroxylation is 1. The second-order valence-electron chi connectivity index (χ2n) is 5.25. The number of tetrazole rings is 1. The van der Waals surface area contributed by atoms with E-state index in [2.05, 4.69) is 20.8 Å². The Kier molecular flexibility index (Phi) is 3.92. The lowest BCUT2D eigenvalue weighted by atomic mass is 10.2. The van der Waals surface area contributed by atoms with Gasteiger partial charge in [-0.25, -0.2) is 0 Å². The topological polar surface area (TPSA) is 72.7 Å². The smallest absolute Gasteiger partial charge is 0.233 e. The van der Waals surface area contributed by atoms with E-state index in [1.165, 1.54) is 17.3 Å². The van der Waals surface area contributed by atoms with Gasteiger partial charge in [0.1, 0.15) is 0 Å². The number of nitrogens with zero attached hydrogens (tertiary/aromatic N) is 4. The lowest BCUT2D eigenvalue weighted by molar-refractivity contribution is -0.120. The minimum atomic E-state index is -0.221. The molecule has 1 fully saturated rings. The number of hydrogen-bond acceptors (Lipinski definition) is 5. The minimum Gasteiger partial charge on any atom is -0.352 e. The molecular formula is C14H17N5OS. The van der Waals surface area contributed by atoms with E-state index in [1.54, 1.807) is 4.68 Å². The number of benzene rings is 1. The van der Waals surface area contributed by atoms with Crippen LogP contribution in [0.4, 0.5) is 0 Å². The van der Waals surface area contributed by atoms with Crippen molar-refractivity contribution in [1.29, 1.82) is 0 Å². The first-order chi connectivity index (χ1) is 10.1. The first kappa shape index (κ1) is 14.1. The quantitative estimate of drug-likeness (QED) is 0.852. The van der Waals surface area contributed by atoms with Gasteiger partial charge in [-0.1, -0.05) is 29.5 Å². The van der Waals surface area contributed by atoms with Gasteiger partial charge in [-0.3, -0.25) is 4.79 Å². The fourth-order valence-electron chi connectivity index (χ4n) is 1.86. The Morgan fingerprint density at radius 2 is 2.10 bits per heavy atom. The molecule has 1 heterocycles. The van der Waals surface area contributed by atoms with E-state index in [4.69, 9.17) is 0 Å². The third kappa shape index (κ3) is 3.41. The molecule has 1 amide bonds. The second-order valence-corrected chi connectivity index (χ2v) is 6.56. The summed E-state index contributed by atoms with van der Waals surface area (Å²) in [5.74, 6) is 0.0426. The van der Waals surface area contributed by atoms with Gasteiger partial charge in [0.15, 0.2) is 0 Å². The molecule has 0 saturated heterocycles. The molecular weight excluding hydrogens is 286 g/mol. The van der Waals surface area contributed by atoms with Crippen LogP contribution in [0.2, 0.25) is 0 Å². The lowest BCUT2D eigenvalue weighted by Gasteiger charge is -2.11. The Bertz CT molecular complexity index is 635. The Morgan fingerprint density at radius 1 is 1.38 bits per heavy atom. The summed E-state index contributed by atoms with van der Waals surface area (Å²) in [6.07, 6.45) is 2.18. The number of thioether (sulfide) groups is 1. The van der Waals surface area contributed by atoms with E-state index in [0.717, 1.165) is 18.5 Å². The monoisotopic (exact) mass is 303 g/mol. The fraction of sp³-hybridized carbons (Fsp3) is 0.429. The van der Waals surface area contributed by atoms with Crippen LogP contribution < -0.4 is 5.32 Å². The lowest BCUT2D eigenvalue weighted by Crippen LogP contribution is -2.32. The minimum absolute atomic E-state index is 0.0426. The molecule has 1 saturated carbocycles. The van der Waals surface area contributed by atoms with Crippen molar-refractivity contribution in [2.45, 2.75) is 43.1 Å². The van der Waals surface area contributed by atoms with Crippen molar-refractivity contribution in [2.75, 3.05) is 0 Å². The van der Waals surface area contributed by atoms with Gasteiger partial charge in [0, 0.05) is 6.04 Å². The number of rotatable bonds is 5. The van der Waals surface area contributed by atoms with E-state index < -0.39 is 0 Å². The van der Waals surface area contributed by atoms with Crippen LogP contribution >= 0.6 is 11.8 Å². The Morgan fingerprint density at radius 3 is 2.76 bits per heavy atom. The third-order valence-electron chi connectivity index (χ3n) is 3.29. The largest absolute Gasteiger partial charge is 0.352 e. The molecule has 0 aliphatic heterocycles. The number of hydrogen-bond donors (Lipinski definition) is 1. The molecule has 1 aromatic carbocycles. The van der Waals surface area contributed by atoms with Crippen molar-refractivity contribution in [3.63, 3.8) is 0 Å². The summed E-state index contributed by atoms with van der Waals surface area (Å²) in [6.45, 7) is 3.90. The molecule has 0 radical (unpaired) electrons. The van der Waals surface area contributed by atoms with Crippen LogP contribution in [0.5, 0.6) is 0 Å². The van der Waals surface area contributed by atoms with Crippen LogP contribution in [-0.2, 0) is 4.79 Å². The van der Waals surface area contributed by atoms with Crippen molar-refractivity contribution in [2.24, 2.45) is 0 Å². The molecule has 2 aromatic rings. The average molecular weight is 303 g/mol. The van der Waals surface area contributed by atoms with E-state index in [-0.39, 0.29) is 11.2 Å². The highest BCUT2D eigenvalue weighted by Crippen LogP contribution is 2.25. The number of carbonyl (C=O) groups is 1. The highest BCUT2D eigenvalue weighted by atomic mass is 32.2. The van der Waals surface area contributed by atoms with Crippen molar-refractivity contribution in [3.8, 4) is 5.69 Å². The SMILES string of the molecule is Cc1ccc(-n2nnnc2SC(C)C(=O)NC2CC2)cc1. The zero-order valence-corrected chi connectivity index (χ0v) is 12.8. The van der Waals surface area contributed by atoms with Crippen molar-refractivity contribution in [3.05, 3.63) is 29.8 Å². The van der Waals surface area contributed by atoms with Gasteiger partial charge in [-0.05, 0) is 49.2 Å². The van der Waals surface area contributed by atoms with Gasteiger partial charge >= 0.3 is 0 Å². The zero-order valence-electron chi connectivity index (χ0n) is 12.0. The van der Waals surface area contributed by atoms with Crippen molar-refractivity contribution < 1.29 is 4.79 Å². The molecule has 1 aliphatic rings. The molecule has 3 rings (SSSR count). The summed E-state index contributed by atoms with van der Waals surface area (Å²) in [4.78, 5) is 12.0. The predicted octanol–water partition coefficient (Wildman–Crippen LogP) is 1.73. The van der Waals surface area contributed by atoms with Crippen LogP contribution in [-0.4, -0.2) is 37.4 Å². The predicted molar refractivity (Wildman–Crippen MR) is 80.4 cm³/mol. The second kappa shape index (κ2) is 5.85. The first-order valence-electron chi connectivity index (χ1n) is 6.96. The summed E-state index contributed by atoms with van der Waals surface area (Å²) in [5, 5.41) is 15.1. The molecule has 21 heavy (non-hydrogen) atoms. The normalized spacial score (nSPS) is 15.7. The molecule has 110 valence electrons. The molecule has 0 bridgehead atoms. The number of nitrogens with one attached hydrogen (secondary N) is 1. The summed E-state index contributed by atoms with van der Waals surface area (Å²) >= 11 is 1.37. The molecule has 0 spiro atoms. The van der Waals surface area contributed by atoms with Gasteiger partial charge in [0.25, 0.3) is 0 Å². The molecule has 1 atom stereocenters. The third-order valence-corrected chi connectivity index (χ3v) is 4.33. The number of aromatic nitrogens is 4. The van der Waals surface area contributed by atoms with E-state index >= 15 is 0 Å². The highest BCUT2D eigenvalue weighted by Gasteiger charge is 2.27. The summed E-state index contributed by atoms with van der Waals surface area (Å²) < 4.78 is 1.66. The van der Waals surface area contributed by atoms with Gasteiger partial charge in [-0.15, -0.1) is 5.10 Å². The highest BCUT2D eigenvalue weighted by molar-refractivity contribution is 8.00.